The molecular formula is C19H22N2O. The predicted molar refractivity (Wildman–Crippen MR) is 86.2 cm³/mol. The van der Waals surface area contributed by atoms with Gasteiger partial charge in [0, 0.05) is 17.9 Å². The van der Waals surface area contributed by atoms with E-state index in [0.717, 1.165) is 17.5 Å². The summed E-state index contributed by atoms with van der Waals surface area (Å²) in [7, 11) is 1.78. The average molecular weight is 294 g/mol. The number of nitrogens with zero attached hydrogens (tertiary/aromatic N) is 2. The Morgan fingerprint density at radius 2 is 1.95 bits per heavy atom. The van der Waals surface area contributed by atoms with Gasteiger partial charge in [-0.15, -0.1) is 0 Å². The van der Waals surface area contributed by atoms with Gasteiger partial charge in [-0.3, -0.25) is 0 Å². The van der Waals surface area contributed by atoms with E-state index in [4.69, 9.17) is 9.72 Å². The summed E-state index contributed by atoms with van der Waals surface area (Å²) in [6.45, 7) is 0. The molecule has 0 unspecified atom stereocenters. The molecule has 1 aromatic heterocycles. The molecule has 0 atom stereocenters. The van der Waals surface area contributed by atoms with Crippen molar-refractivity contribution >= 4 is 0 Å². The minimum atomic E-state index is 0.371. The van der Waals surface area contributed by atoms with Crippen LogP contribution in [0.25, 0.3) is 11.4 Å². The van der Waals surface area contributed by atoms with E-state index in [1.54, 1.807) is 7.11 Å². The summed E-state index contributed by atoms with van der Waals surface area (Å²) in [5, 5.41) is 0. The maximum atomic E-state index is 5.71. The first-order chi connectivity index (χ1) is 10.8. The predicted octanol–water partition coefficient (Wildman–Crippen LogP) is 3.95. The lowest BCUT2D eigenvalue weighted by molar-refractivity contribution is 0.409. The summed E-state index contributed by atoms with van der Waals surface area (Å²) in [6.07, 6.45) is 13.2. The van der Waals surface area contributed by atoms with E-state index in [0.29, 0.717) is 5.54 Å². The number of hydrogen-bond acceptors (Lipinski definition) is 2. The molecule has 0 amide bonds. The van der Waals surface area contributed by atoms with Gasteiger partial charge >= 0.3 is 0 Å². The van der Waals surface area contributed by atoms with Crippen LogP contribution in [0, 0.1) is 5.92 Å². The Kier molecular flexibility index (Phi) is 2.53. The molecule has 114 valence electrons. The molecule has 3 aliphatic rings. The molecule has 3 heteroatoms. The van der Waals surface area contributed by atoms with Gasteiger partial charge in [0.2, 0.25) is 0 Å². The van der Waals surface area contributed by atoms with Crippen LogP contribution >= 0.6 is 0 Å². The third kappa shape index (κ3) is 1.71. The molecule has 22 heavy (non-hydrogen) atoms. The second-order valence-corrected chi connectivity index (χ2v) is 7.17. The highest BCUT2D eigenvalue weighted by Crippen LogP contribution is 2.60. The van der Waals surface area contributed by atoms with Crippen molar-refractivity contribution < 1.29 is 4.74 Å². The van der Waals surface area contributed by atoms with Crippen LogP contribution in [0.1, 0.15) is 43.2 Å². The number of methoxy groups -OCH3 is 1. The second-order valence-electron chi connectivity index (χ2n) is 7.17. The standard InChI is InChI=1S/C19H22N2O/c1-22-17-12-14-4-2-3-13(14)11-16(17)18-20-9-10-21(18)19(7-8-19)15-5-6-15/h9-12,15H,2-8H2,1H3. The van der Waals surface area contributed by atoms with Gasteiger partial charge in [-0.1, -0.05) is 0 Å². The van der Waals surface area contributed by atoms with E-state index >= 15 is 0 Å². The summed E-state index contributed by atoms with van der Waals surface area (Å²) < 4.78 is 8.17. The van der Waals surface area contributed by atoms with E-state index in [9.17, 15) is 0 Å². The number of rotatable bonds is 4. The molecule has 0 aliphatic heterocycles. The Morgan fingerprint density at radius 1 is 1.18 bits per heavy atom. The van der Waals surface area contributed by atoms with Crippen LogP contribution in [0.5, 0.6) is 5.75 Å². The fraction of sp³-hybridized carbons (Fsp3) is 0.526. The minimum absolute atomic E-state index is 0.371. The van der Waals surface area contributed by atoms with Crippen LogP contribution in [0.3, 0.4) is 0 Å². The molecule has 2 aromatic rings. The number of ether oxygens (including phenoxy) is 1. The lowest BCUT2D eigenvalue weighted by Gasteiger charge is -2.21. The summed E-state index contributed by atoms with van der Waals surface area (Å²) in [5.74, 6) is 2.97. The molecule has 0 radical (unpaired) electrons. The van der Waals surface area contributed by atoms with Crippen molar-refractivity contribution in [2.75, 3.05) is 7.11 Å². The molecule has 1 aromatic carbocycles. The molecule has 0 N–H and O–H groups in total. The summed E-state index contributed by atoms with van der Waals surface area (Å²) in [4.78, 5) is 4.72. The van der Waals surface area contributed by atoms with Crippen molar-refractivity contribution in [2.45, 2.75) is 50.5 Å². The van der Waals surface area contributed by atoms with E-state index in [2.05, 4.69) is 22.9 Å². The van der Waals surface area contributed by atoms with Gasteiger partial charge in [0.1, 0.15) is 11.6 Å². The molecule has 3 aliphatic carbocycles. The summed E-state index contributed by atoms with van der Waals surface area (Å²) >= 11 is 0. The smallest absolute Gasteiger partial charge is 0.144 e. The largest absolute Gasteiger partial charge is 0.496 e. The lowest BCUT2D eigenvalue weighted by Crippen LogP contribution is -2.20. The highest BCUT2D eigenvalue weighted by atomic mass is 16.5. The highest BCUT2D eigenvalue weighted by Gasteiger charge is 2.56. The molecule has 0 spiro atoms. The van der Waals surface area contributed by atoms with Crippen molar-refractivity contribution in [3.8, 4) is 17.1 Å². The van der Waals surface area contributed by atoms with Gasteiger partial charge in [0.25, 0.3) is 0 Å². The fourth-order valence-corrected chi connectivity index (χ4v) is 4.40. The SMILES string of the molecule is COc1cc2c(cc1-c1nccn1C1(C3CC3)CC1)CCC2. The normalized spacial score (nSPS) is 21.7. The topological polar surface area (TPSA) is 27.1 Å². The number of hydrogen-bond donors (Lipinski definition) is 0. The summed E-state index contributed by atoms with van der Waals surface area (Å²) in [6, 6.07) is 4.58. The van der Waals surface area contributed by atoms with Crippen LogP contribution < -0.4 is 4.74 Å². The number of aryl methyl sites for hydroxylation is 2. The number of aromatic nitrogens is 2. The van der Waals surface area contributed by atoms with Crippen molar-refractivity contribution in [3.05, 3.63) is 35.7 Å². The Morgan fingerprint density at radius 3 is 2.64 bits per heavy atom. The molecule has 3 nitrogen and oxygen atoms in total. The van der Waals surface area contributed by atoms with Gasteiger partial charge in [-0.05, 0) is 74.1 Å². The second kappa shape index (κ2) is 4.37. The van der Waals surface area contributed by atoms with E-state index in [1.807, 2.05) is 6.20 Å². The Bertz CT molecular complexity index is 738. The van der Waals surface area contributed by atoms with Crippen LogP contribution in [-0.4, -0.2) is 16.7 Å². The zero-order valence-electron chi connectivity index (χ0n) is 13.1. The van der Waals surface area contributed by atoms with Crippen molar-refractivity contribution in [2.24, 2.45) is 5.92 Å². The average Bonchev–Trinajstić information content (AvgIpc) is 3.44. The maximum Gasteiger partial charge on any atom is 0.144 e. The Balaban J connectivity index is 1.65. The molecule has 0 bridgehead atoms. The van der Waals surface area contributed by atoms with Crippen molar-refractivity contribution in [1.29, 1.82) is 0 Å². The highest BCUT2D eigenvalue weighted by molar-refractivity contribution is 5.68. The van der Waals surface area contributed by atoms with Crippen LogP contribution in [0.4, 0.5) is 0 Å². The van der Waals surface area contributed by atoms with Gasteiger partial charge in [-0.25, -0.2) is 4.98 Å². The quantitative estimate of drug-likeness (QED) is 0.854. The zero-order valence-corrected chi connectivity index (χ0v) is 13.1. The van der Waals surface area contributed by atoms with E-state index in [1.165, 1.54) is 61.6 Å². The molecular weight excluding hydrogens is 272 g/mol. The summed E-state index contributed by atoms with van der Waals surface area (Å²) in [5.41, 5.74) is 4.50. The van der Waals surface area contributed by atoms with E-state index < -0.39 is 0 Å². The minimum Gasteiger partial charge on any atom is -0.496 e. The Labute approximate surface area is 131 Å². The molecule has 1 heterocycles. The Hall–Kier alpha value is -1.77. The fourth-order valence-electron chi connectivity index (χ4n) is 4.40. The monoisotopic (exact) mass is 294 g/mol. The van der Waals surface area contributed by atoms with Gasteiger partial charge in [-0.2, -0.15) is 0 Å². The molecule has 0 saturated heterocycles. The van der Waals surface area contributed by atoms with Crippen LogP contribution in [0.2, 0.25) is 0 Å². The number of fused-ring (bicyclic) bond motifs is 1. The van der Waals surface area contributed by atoms with Crippen LogP contribution in [0.15, 0.2) is 24.5 Å². The third-order valence-corrected chi connectivity index (χ3v) is 5.87. The van der Waals surface area contributed by atoms with Gasteiger partial charge < -0.3 is 9.30 Å². The maximum absolute atomic E-state index is 5.71. The van der Waals surface area contributed by atoms with Crippen molar-refractivity contribution in [3.63, 3.8) is 0 Å². The molecule has 5 rings (SSSR count). The van der Waals surface area contributed by atoms with Gasteiger partial charge in [0.05, 0.1) is 12.7 Å². The first-order valence-electron chi connectivity index (χ1n) is 8.56. The first-order valence-corrected chi connectivity index (χ1v) is 8.56. The first kappa shape index (κ1) is 12.7. The number of imidazole rings is 1. The third-order valence-electron chi connectivity index (χ3n) is 5.87. The zero-order chi connectivity index (χ0) is 14.7. The molecule has 2 saturated carbocycles. The van der Waals surface area contributed by atoms with Gasteiger partial charge in [0.15, 0.2) is 0 Å². The lowest BCUT2D eigenvalue weighted by atomic mass is 10.0. The molecule has 2 fully saturated rings. The van der Waals surface area contributed by atoms with Crippen LogP contribution in [-0.2, 0) is 18.4 Å². The number of benzene rings is 1. The van der Waals surface area contributed by atoms with Crippen molar-refractivity contribution in [1.82, 2.24) is 9.55 Å². The van der Waals surface area contributed by atoms with E-state index in [-0.39, 0.29) is 0 Å².